The van der Waals surface area contributed by atoms with Crippen LogP contribution in [0.25, 0.3) is 0 Å². The van der Waals surface area contributed by atoms with Crippen molar-refractivity contribution < 1.29 is 19.4 Å². The molecule has 0 bridgehead atoms. The Morgan fingerprint density at radius 2 is 1.82 bits per heavy atom. The predicted octanol–water partition coefficient (Wildman–Crippen LogP) is 3.45. The third-order valence-electron chi connectivity index (χ3n) is 4.18. The standard InChI is InChI=1S/C17H23NO4/c1-2-22-14-7-5-13(6-8-14)18-15(19)11-17(12-16(20)21)9-3-4-10-17/h5-8H,2-4,9-12H2,1H3,(H,18,19)(H,20,21). The van der Waals surface area contributed by atoms with E-state index < -0.39 is 5.97 Å². The number of carboxylic acids is 1. The van der Waals surface area contributed by atoms with Crippen molar-refractivity contribution in [2.24, 2.45) is 5.41 Å². The van der Waals surface area contributed by atoms with Crippen molar-refractivity contribution in [1.29, 1.82) is 0 Å². The number of rotatable bonds is 7. The van der Waals surface area contributed by atoms with Crippen LogP contribution in [0.5, 0.6) is 5.75 Å². The van der Waals surface area contributed by atoms with Gasteiger partial charge in [-0.2, -0.15) is 0 Å². The van der Waals surface area contributed by atoms with Crippen molar-refractivity contribution in [2.45, 2.75) is 45.4 Å². The number of amides is 1. The highest BCUT2D eigenvalue weighted by Crippen LogP contribution is 2.44. The number of carbonyl (C=O) groups excluding carboxylic acids is 1. The molecule has 1 saturated carbocycles. The van der Waals surface area contributed by atoms with E-state index in [1.807, 2.05) is 19.1 Å². The van der Waals surface area contributed by atoms with E-state index in [1.54, 1.807) is 12.1 Å². The average Bonchev–Trinajstić information content (AvgIpc) is 2.88. The number of benzene rings is 1. The molecule has 5 heteroatoms. The molecule has 5 nitrogen and oxygen atoms in total. The first kappa shape index (κ1) is 16.3. The Kier molecular flexibility index (Phi) is 5.41. The highest BCUT2D eigenvalue weighted by atomic mass is 16.5. The van der Waals surface area contributed by atoms with E-state index in [0.29, 0.717) is 12.3 Å². The lowest BCUT2D eigenvalue weighted by Crippen LogP contribution is -2.27. The molecule has 0 radical (unpaired) electrons. The minimum atomic E-state index is -0.823. The Bertz CT molecular complexity index is 518. The fraction of sp³-hybridized carbons (Fsp3) is 0.529. The van der Waals surface area contributed by atoms with E-state index in [-0.39, 0.29) is 24.2 Å². The third kappa shape index (κ3) is 4.48. The number of hydrogen-bond acceptors (Lipinski definition) is 3. The van der Waals surface area contributed by atoms with Crippen LogP contribution in [0.2, 0.25) is 0 Å². The number of nitrogens with one attached hydrogen (secondary N) is 1. The van der Waals surface area contributed by atoms with Crippen molar-refractivity contribution in [2.75, 3.05) is 11.9 Å². The molecule has 1 aromatic carbocycles. The summed E-state index contributed by atoms with van der Waals surface area (Å²) < 4.78 is 5.36. The molecule has 1 aromatic rings. The zero-order valence-electron chi connectivity index (χ0n) is 12.9. The molecule has 120 valence electrons. The highest BCUT2D eigenvalue weighted by Gasteiger charge is 2.37. The fourth-order valence-corrected chi connectivity index (χ4v) is 3.21. The molecule has 1 aliphatic rings. The van der Waals surface area contributed by atoms with E-state index >= 15 is 0 Å². The van der Waals surface area contributed by atoms with Gasteiger partial charge in [0.2, 0.25) is 5.91 Å². The van der Waals surface area contributed by atoms with E-state index in [4.69, 9.17) is 9.84 Å². The van der Waals surface area contributed by atoms with Gasteiger partial charge in [-0.3, -0.25) is 9.59 Å². The molecule has 0 unspecified atom stereocenters. The second kappa shape index (κ2) is 7.29. The first-order valence-electron chi connectivity index (χ1n) is 7.77. The number of anilines is 1. The lowest BCUT2D eigenvalue weighted by atomic mass is 9.79. The van der Waals surface area contributed by atoms with Crippen molar-refractivity contribution in [3.63, 3.8) is 0 Å². The molecule has 1 aliphatic carbocycles. The summed E-state index contributed by atoms with van der Waals surface area (Å²) in [5.41, 5.74) is 0.332. The van der Waals surface area contributed by atoms with Crippen molar-refractivity contribution in [1.82, 2.24) is 0 Å². The second-order valence-electron chi connectivity index (χ2n) is 5.96. The summed E-state index contributed by atoms with van der Waals surface area (Å²) in [5.74, 6) is -0.179. The molecule has 0 atom stereocenters. The molecule has 2 rings (SSSR count). The summed E-state index contributed by atoms with van der Waals surface area (Å²) in [6.45, 7) is 2.52. The summed E-state index contributed by atoms with van der Waals surface area (Å²) in [7, 11) is 0. The maximum absolute atomic E-state index is 12.2. The second-order valence-corrected chi connectivity index (χ2v) is 5.96. The number of ether oxygens (including phenoxy) is 1. The maximum atomic E-state index is 12.2. The molecule has 1 amide bonds. The van der Waals surface area contributed by atoms with Gasteiger partial charge >= 0.3 is 5.97 Å². The quantitative estimate of drug-likeness (QED) is 0.809. The number of carboxylic acid groups (broad SMARTS) is 1. The molecule has 0 saturated heterocycles. The van der Waals surface area contributed by atoms with Gasteiger partial charge in [-0.1, -0.05) is 12.8 Å². The van der Waals surface area contributed by atoms with Gasteiger partial charge in [0.05, 0.1) is 13.0 Å². The van der Waals surface area contributed by atoms with Crippen LogP contribution in [-0.2, 0) is 9.59 Å². The lowest BCUT2D eigenvalue weighted by molar-refractivity contribution is -0.140. The Morgan fingerprint density at radius 3 is 2.36 bits per heavy atom. The number of hydrogen-bond donors (Lipinski definition) is 2. The van der Waals surface area contributed by atoms with Crippen molar-refractivity contribution >= 4 is 17.6 Å². The van der Waals surface area contributed by atoms with Crippen molar-refractivity contribution in [3.05, 3.63) is 24.3 Å². The Hall–Kier alpha value is -2.04. The average molecular weight is 305 g/mol. The van der Waals surface area contributed by atoms with E-state index in [2.05, 4.69) is 5.32 Å². The summed E-state index contributed by atoms with van der Waals surface area (Å²) in [4.78, 5) is 23.3. The number of carbonyl (C=O) groups is 2. The van der Waals surface area contributed by atoms with Gasteiger partial charge in [0.15, 0.2) is 0 Å². The molecular formula is C17H23NO4. The minimum absolute atomic E-state index is 0.0731. The lowest BCUT2D eigenvalue weighted by Gasteiger charge is -2.26. The van der Waals surface area contributed by atoms with E-state index in [9.17, 15) is 9.59 Å². The molecule has 0 aromatic heterocycles. The van der Waals surface area contributed by atoms with E-state index in [1.165, 1.54) is 0 Å². The summed E-state index contributed by atoms with van der Waals surface area (Å²) in [5, 5.41) is 11.9. The van der Waals surface area contributed by atoms with Crippen LogP contribution in [0, 0.1) is 5.41 Å². The molecule has 0 aliphatic heterocycles. The zero-order valence-corrected chi connectivity index (χ0v) is 12.9. The van der Waals surface area contributed by atoms with Gasteiger partial charge in [-0.25, -0.2) is 0 Å². The van der Waals surface area contributed by atoms with Gasteiger partial charge in [0, 0.05) is 12.1 Å². The van der Waals surface area contributed by atoms with Crippen LogP contribution in [-0.4, -0.2) is 23.6 Å². The Balaban J connectivity index is 1.94. The van der Waals surface area contributed by atoms with E-state index in [0.717, 1.165) is 31.4 Å². The van der Waals surface area contributed by atoms with Crippen LogP contribution in [0.15, 0.2) is 24.3 Å². The minimum Gasteiger partial charge on any atom is -0.494 e. The first-order valence-corrected chi connectivity index (χ1v) is 7.77. The summed E-state index contributed by atoms with van der Waals surface area (Å²) >= 11 is 0. The normalized spacial score (nSPS) is 16.2. The Labute approximate surface area is 130 Å². The summed E-state index contributed by atoms with van der Waals surface area (Å²) in [6.07, 6.45) is 3.98. The molecule has 0 spiro atoms. The Morgan fingerprint density at radius 1 is 1.18 bits per heavy atom. The molecule has 2 N–H and O–H groups in total. The van der Waals surface area contributed by atoms with Crippen LogP contribution < -0.4 is 10.1 Å². The SMILES string of the molecule is CCOc1ccc(NC(=O)CC2(CC(=O)O)CCCC2)cc1. The smallest absolute Gasteiger partial charge is 0.303 e. The van der Waals surface area contributed by atoms with Gasteiger partial charge in [-0.05, 0) is 49.4 Å². The highest BCUT2D eigenvalue weighted by molar-refractivity contribution is 5.91. The topological polar surface area (TPSA) is 75.6 Å². The molecular weight excluding hydrogens is 282 g/mol. The first-order chi connectivity index (χ1) is 10.5. The zero-order chi connectivity index (χ0) is 16.0. The van der Waals surface area contributed by atoms with Crippen LogP contribution in [0.3, 0.4) is 0 Å². The van der Waals surface area contributed by atoms with Gasteiger partial charge in [0.1, 0.15) is 5.75 Å². The van der Waals surface area contributed by atoms with Gasteiger partial charge < -0.3 is 15.2 Å². The largest absolute Gasteiger partial charge is 0.494 e. The van der Waals surface area contributed by atoms with Crippen molar-refractivity contribution in [3.8, 4) is 5.75 Å². The van der Waals surface area contributed by atoms with Gasteiger partial charge in [-0.15, -0.1) is 0 Å². The summed E-state index contributed by atoms with van der Waals surface area (Å²) in [6, 6.07) is 7.20. The fourth-order valence-electron chi connectivity index (χ4n) is 3.21. The monoisotopic (exact) mass is 305 g/mol. The van der Waals surface area contributed by atoms with Crippen LogP contribution in [0.4, 0.5) is 5.69 Å². The molecule has 1 fully saturated rings. The molecule has 0 heterocycles. The van der Waals surface area contributed by atoms with Crippen LogP contribution >= 0.6 is 0 Å². The predicted molar refractivity (Wildman–Crippen MR) is 84.0 cm³/mol. The van der Waals surface area contributed by atoms with Gasteiger partial charge in [0.25, 0.3) is 0 Å². The number of aliphatic carboxylic acids is 1. The van der Waals surface area contributed by atoms with Crippen LogP contribution in [0.1, 0.15) is 45.4 Å². The third-order valence-corrected chi connectivity index (χ3v) is 4.18. The maximum Gasteiger partial charge on any atom is 0.303 e. The molecule has 22 heavy (non-hydrogen) atoms.